The zero-order valence-corrected chi connectivity index (χ0v) is 12.8. The number of aromatic nitrogens is 1. The number of nitrogens with one attached hydrogen (secondary N) is 3. The summed E-state index contributed by atoms with van der Waals surface area (Å²) in [4.78, 5) is 19.5. The third-order valence-corrected chi connectivity index (χ3v) is 4.83. The van der Waals surface area contributed by atoms with Gasteiger partial charge in [0.2, 0.25) is 0 Å². The van der Waals surface area contributed by atoms with Gasteiger partial charge in [0.05, 0.1) is 12.2 Å². The number of nitrogens with zero attached hydrogens (tertiary/aromatic N) is 1. The molecule has 0 aromatic carbocycles. The van der Waals surface area contributed by atoms with Crippen molar-refractivity contribution in [3.05, 3.63) is 11.1 Å². The molecule has 0 radical (unpaired) electrons. The van der Waals surface area contributed by atoms with Crippen molar-refractivity contribution in [1.82, 2.24) is 4.98 Å². The van der Waals surface area contributed by atoms with E-state index in [1.165, 1.54) is 35.9 Å². The van der Waals surface area contributed by atoms with Crippen molar-refractivity contribution < 1.29 is 14.6 Å². The average molecular weight is 284 g/mol. The first kappa shape index (κ1) is 14.4. The molecule has 1 aliphatic rings. The number of piperazine rings is 1. The maximum Gasteiger partial charge on any atom is 0.284 e. The molecule has 0 unspecified atom stereocenters. The minimum absolute atomic E-state index is 0.00242. The number of amides is 1. The summed E-state index contributed by atoms with van der Waals surface area (Å²) in [6.07, 6.45) is 0. The fourth-order valence-electron chi connectivity index (χ4n) is 2.52. The van der Waals surface area contributed by atoms with E-state index in [2.05, 4.69) is 17.2 Å². The van der Waals surface area contributed by atoms with E-state index in [1.807, 2.05) is 19.2 Å². The van der Waals surface area contributed by atoms with E-state index in [9.17, 15) is 4.79 Å². The molecule has 0 aliphatic carbocycles. The number of thiazole rings is 1. The molecule has 0 bridgehead atoms. The average Bonchev–Trinajstić information content (AvgIpc) is 2.83. The van der Waals surface area contributed by atoms with Crippen molar-refractivity contribution in [2.75, 3.05) is 38.0 Å². The summed E-state index contributed by atoms with van der Waals surface area (Å²) in [6, 6.07) is 0.00242. The Morgan fingerprint density at radius 2 is 2.16 bits per heavy atom. The number of hydrogen-bond donors (Lipinski definition) is 3. The molecule has 1 fully saturated rings. The normalized spacial score (nSPS) is 25.0. The summed E-state index contributed by atoms with van der Waals surface area (Å²) >= 11 is 1.49. The quantitative estimate of drug-likeness (QED) is 0.636. The van der Waals surface area contributed by atoms with Crippen LogP contribution in [0.4, 0.5) is 5.13 Å². The van der Waals surface area contributed by atoms with Crippen molar-refractivity contribution in [2.45, 2.75) is 26.8 Å². The molecule has 2 heterocycles. The summed E-state index contributed by atoms with van der Waals surface area (Å²) < 4.78 is 0. The molecule has 6 heteroatoms. The lowest BCUT2D eigenvalue weighted by Crippen LogP contribution is -3.29. The minimum Gasteiger partial charge on any atom is -0.326 e. The van der Waals surface area contributed by atoms with E-state index in [4.69, 9.17) is 0 Å². The van der Waals surface area contributed by atoms with Crippen LogP contribution in [0.2, 0.25) is 0 Å². The minimum atomic E-state index is 0.00242. The molecule has 106 valence electrons. The number of hydrogen-bond acceptors (Lipinski definition) is 3. The Morgan fingerprint density at radius 1 is 1.47 bits per heavy atom. The third-order valence-electron chi connectivity index (χ3n) is 3.95. The van der Waals surface area contributed by atoms with E-state index in [-0.39, 0.29) is 11.9 Å². The topological polar surface area (TPSA) is 50.9 Å². The first-order valence-corrected chi connectivity index (χ1v) is 7.89. The Balaban J connectivity index is 1.85. The lowest BCUT2D eigenvalue weighted by atomic mass is 10.2. The molecule has 3 N–H and O–H groups in total. The van der Waals surface area contributed by atoms with Crippen molar-refractivity contribution in [1.29, 1.82) is 0 Å². The highest BCUT2D eigenvalue weighted by atomic mass is 32.1. The summed E-state index contributed by atoms with van der Waals surface area (Å²) in [6.45, 7) is 11.9. The monoisotopic (exact) mass is 284 g/mol. The number of likely N-dealkylation sites (N-methyl/N-ethyl adjacent to an activating group) is 1. The second-order valence-corrected chi connectivity index (χ2v) is 6.12. The molecule has 1 aromatic heterocycles. The van der Waals surface area contributed by atoms with E-state index in [0.717, 1.165) is 18.8 Å². The highest BCUT2D eigenvalue weighted by Gasteiger charge is 2.30. The van der Waals surface area contributed by atoms with Crippen LogP contribution in [-0.2, 0) is 4.79 Å². The van der Waals surface area contributed by atoms with Gasteiger partial charge in [-0.1, -0.05) is 0 Å². The second kappa shape index (κ2) is 6.45. The van der Waals surface area contributed by atoms with Crippen molar-refractivity contribution in [3.8, 4) is 0 Å². The van der Waals surface area contributed by atoms with Gasteiger partial charge in [0.25, 0.3) is 5.91 Å². The maximum atomic E-state index is 12.2. The lowest BCUT2D eigenvalue weighted by Gasteiger charge is -2.31. The summed E-state index contributed by atoms with van der Waals surface area (Å²) in [7, 11) is 0. The van der Waals surface area contributed by atoms with E-state index < -0.39 is 0 Å². The number of carbonyl (C=O) groups excluding carboxylic acids is 1. The fourth-order valence-corrected chi connectivity index (χ4v) is 3.21. The summed E-state index contributed by atoms with van der Waals surface area (Å²) in [5, 5.41) is 5.60. The molecule has 1 aliphatic heterocycles. The second-order valence-electron chi connectivity index (χ2n) is 5.27. The SMILES string of the molecule is CC[NH+]1CC[NH+]([C@H](C)C(=O)Nc2nc(C)cs2)CC1. The number of rotatable bonds is 4. The van der Waals surface area contributed by atoms with Crippen LogP contribution in [0.3, 0.4) is 0 Å². The fraction of sp³-hybridized carbons (Fsp3) is 0.692. The predicted molar refractivity (Wildman–Crippen MR) is 76.9 cm³/mol. The van der Waals surface area contributed by atoms with Crippen LogP contribution in [0.15, 0.2) is 5.38 Å². The number of anilines is 1. The van der Waals surface area contributed by atoms with Gasteiger partial charge in [0, 0.05) is 5.38 Å². The van der Waals surface area contributed by atoms with Gasteiger partial charge in [-0.25, -0.2) is 4.98 Å². The Morgan fingerprint density at radius 3 is 2.68 bits per heavy atom. The Bertz CT molecular complexity index is 426. The predicted octanol–water partition coefficient (Wildman–Crippen LogP) is -1.42. The molecule has 2 rings (SSSR count). The van der Waals surface area contributed by atoms with Gasteiger partial charge in [0.15, 0.2) is 11.2 Å². The van der Waals surface area contributed by atoms with Crippen molar-refractivity contribution >= 4 is 22.4 Å². The Hall–Kier alpha value is -0.980. The van der Waals surface area contributed by atoms with Gasteiger partial charge in [0.1, 0.15) is 26.2 Å². The Kier molecular flexibility index (Phi) is 4.90. The van der Waals surface area contributed by atoms with Crippen LogP contribution >= 0.6 is 11.3 Å². The molecule has 1 saturated heterocycles. The highest BCUT2D eigenvalue weighted by Crippen LogP contribution is 2.14. The van der Waals surface area contributed by atoms with Crippen LogP contribution in [0, 0.1) is 6.92 Å². The van der Waals surface area contributed by atoms with Crippen molar-refractivity contribution in [2.24, 2.45) is 0 Å². The zero-order chi connectivity index (χ0) is 13.8. The van der Waals surface area contributed by atoms with Crippen LogP contribution in [0.5, 0.6) is 0 Å². The zero-order valence-electron chi connectivity index (χ0n) is 12.0. The van der Waals surface area contributed by atoms with Gasteiger partial charge in [-0.05, 0) is 20.8 Å². The standard InChI is InChI=1S/C13H22N4OS/c1-4-16-5-7-17(8-6-16)11(3)12(18)15-13-14-10(2)9-19-13/h9,11H,4-8H2,1-3H3,(H,14,15,18)/p+2/t11-/m1/s1. The molecule has 1 amide bonds. The van der Waals surface area contributed by atoms with E-state index in [0.29, 0.717) is 5.13 Å². The first-order valence-electron chi connectivity index (χ1n) is 7.01. The molecule has 0 spiro atoms. The lowest BCUT2D eigenvalue weighted by molar-refractivity contribution is -1.02. The van der Waals surface area contributed by atoms with Gasteiger partial charge in [-0.15, -0.1) is 11.3 Å². The summed E-state index contributed by atoms with van der Waals surface area (Å²) in [5.41, 5.74) is 0.959. The van der Waals surface area contributed by atoms with Crippen LogP contribution in [0.1, 0.15) is 19.5 Å². The maximum absolute atomic E-state index is 12.2. The smallest absolute Gasteiger partial charge is 0.284 e. The molecule has 1 atom stereocenters. The third kappa shape index (κ3) is 3.75. The first-order chi connectivity index (χ1) is 9.10. The van der Waals surface area contributed by atoms with Crippen LogP contribution in [-0.4, -0.2) is 49.7 Å². The van der Waals surface area contributed by atoms with Gasteiger partial charge in [-0.3, -0.25) is 10.1 Å². The molecular weight excluding hydrogens is 260 g/mol. The molecule has 1 aromatic rings. The van der Waals surface area contributed by atoms with E-state index in [1.54, 1.807) is 4.90 Å². The van der Waals surface area contributed by atoms with Crippen LogP contribution < -0.4 is 15.1 Å². The number of aryl methyl sites for hydroxylation is 1. The Labute approximate surface area is 118 Å². The van der Waals surface area contributed by atoms with Gasteiger partial charge in [-0.2, -0.15) is 0 Å². The number of carbonyl (C=O) groups is 1. The largest absolute Gasteiger partial charge is 0.326 e. The van der Waals surface area contributed by atoms with Gasteiger partial charge >= 0.3 is 0 Å². The van der Waals surface area contributed by atoms with Gasteiger partial charge < -0.3 is 9.80 Å². The molecule has 5 nitrogen and oxygen atoms in total. The molecular formula is C13H24N4OS+2. The highest BCUT2D eigenvalue weighted by molar-refractivity contribution is 7.13. The number of quaternary nitrogens is 2. The molecule has 0 saturated carbocycles. The van der Waals surface area contributed by atoms with Crippen molar-refractivity contribution in [3.63, 3.8) is 0 Å². The molecule has 19 heavy (non-hydrogen) atoms. The van der Waals surface area contributed by atoms with Crippen LogP contribution in [0.25, 0.3) is 0 Å². The summed E-state index contributed by atoms with van der Waals surface area (Å²) in [5.74, 6) is 0.0873. The van der Waals surface area contributed by atoms with E-state index >= 15 is 0 Å².